The van der Waals surface area contributed by atoms with Crippen LogP contribution in [-0.2, 0) is 11.3 Å². The Balaban J connectivity index is 1.36. The van der Waals surface area contributed by atoms with Gasteiger partial charge in [-0.1, -0.05) is 11.2 Å². The van der Waals surface area contributed by atoms with Gasteiger partial charge in [-0.2, -0.15) is 5.10 Å². The average molecular weight is 445 g/mol. The highest BCUT2D eigenvalue weighted by Gasteiger charge is 2.33. The number of anilines is 2. The summed E-state index contributed by atoms with van der Waals surface area (Å²) in [6, 6.07) is 11.0. The van der Waals surface area contributed by atoms with E-state index in [-0.39, 0.29) is 11.8 Å². The van der Waals surface area contributed by atoms with Crippen LogP contribution in [0.3, 0.4) is 0 Å². The quantitative estimate of drug-likeness (QED) is 0.437. The van der Waals surface area contributed by atoms with E-state index in [4.69, 9.17) is 15.2 Å². The fourth-order valence-corrected chi connectivity index (χ4v) is 3.74. The summed E-state index contributed by atoms with van der Waals surface area (Å²) in [4.78, 5) is 27.5. The smallest absolute Gasteiger partial charge is 0.233 e. The number of nitrogens with zero attached hydrogens (tertiary/aromatic N) is 7. The normalized spacial score (nSPS) is 15.9. The monoisotopic (exact) mass is 445 g/mol. The highest BCUT2D eigenvalue weighted by atomic mass is 16.5. The number of amides is 1. The van der Waals surface area contributed by atoms with E-state index in [1.165, 1.54) is 0 Å². The molecular formula is C22H23N9O2. The van der Waals surface area contributed by atoms with Crippen LogP contribution in [0.2, 0.25) is 0 Å². The Hall–Kier alpha value is -4.12. The van der Waals surface area contributed by atoms with Gasteiger partial charge in [0, 0.05) is 44.7 Å². The minimum atomic E-state index is -0.289. The SMILES string of the molecule is CN1CC[C@@H](c2cc(-c3cccc(-c4ccnc(Nc5ccn(CCN)n5)n4)n3)no2)C1=O. The zero-order valence-corrected chi connectivity index (χ0v) is 18.0. The van der Waals surface area contributed by atoms with Crippen molar-refractivity contribution < 1.29 is 9.32 Å². The van der Waals surface area contributed by atoms with Crippen molar-refractivity contribution in [1.29, 1.82) is 0 Å². The lowest BCUT2D eigenvalue weighted by atomic mass is 10.0. The van der Waals surface area contributed by atoms with Crippen molar-refractivity contribution in [2.24, 2.45) is 5.73 Å². The van der Waals surface area contributed by atoms with Gasteiger partial charge in [-0.25, -0.2) is 15.0 Å². The maximum Gasteiger partial charge on any atom is 0.233 e. The molecule has 1 aliphatic heterocycles. The first-order chi connectivity index (χ1) is 16.1. The lowest BCUT2D eigenvalue weighted by molar-refractivity contribution is -0.128. The molecule has 33 heavy (non-hydrogen) atoms. The van der Waals surface area contributed by atoms with Crippen molar-refractivity contribution in [3.05, 3.63) is 54.6 Å². The molecule has 4 aromatic rings. The average Bonchev–Trinajstić information content (AvgIpc) is 3.56. The molecule has 1 fully saturated rings. The predicted molar refractivity (Wildman–Crippen MR) is 120 cm³/mol. The Morgan fingerprint density at radius 1 is 1.15 bits per heavy atom. The molecule has 1 aliphatic rings. The Labute approximate surface area is 189 Å². The number of aromatic nitrogens is 6. The first-order valence-corrected chi connectivity index (χ1v) is 10.6. The third kappa shape index (κ3) is 4.30. The molecule has 0 spiro atoms. The Bertz CT molecular complexity index is 1280. The van der Waals surface area contributed by atoms with Gasteiger partial charge in [-0.05, 0) is 24.6 Å². The number of hydrogen-bond acceptors (Lipinski definition) is 9. The fraction of sp³-hybridized carbons (Fsp3) is 0.273. The lowest BCUT2D eigenvalue weighted by Crippen LogP contribution is -2.21. The van der Waals surface area contributed by atoms with Gasteiger partial charge < -0.3 is 20.5 Å². The summed E-state index contributed by atoms with van der Waals surface area (Å²) in [5.41, 5.74) is 8.08. The van der Waals surface area contributed by atoms with E-state index in [1.807, 2.05) is 30.5 Å². The minimum absolute atomic E-state index is 0.0493. The highest BCUT2D eigenvalue weighted by Crippen LogP contribution is 2.30. The van der Waals surface area contributed by atoms with Crippen molar-refractivity contribution >= 4 is 17.7 Å². The van der Waals surface area contributed by atoms with Crippen LogP contribution < -0.4 is 11.1 Å². The number of nitrogens with two attached hydrogens (primary N) is 1. The van der Waals surface area contributed by atoms with E-state index in [9.17, 15) is 4.79 Å². The molecule has 0 unspecified atom stereocenters. The van der Waals surface area contributed by atoms with Crippen molar-refractivity contribution in [2.45, 2.75) is 18.9 Å². The summed E-state index contributed by atoms with van der Waals surface area (Å²) in [5.74, 6) is 1.36. The van der Waals surface area contributed by atoms with Gasteiger partial charge in [0.1, 0.15) is 17.4 Å². The van der Waals surface area contributed by atoms with Gasteiger partial charge in [0.25, 0.3) is 0 Å². The standard InChI is InChI=1S/C22H23N9O2/c1-30-10-6-14(21(30)32)19-13-18(29-33-19)16-4-2-3-15(25-16)17-5-9-24-22(26-17)27-20-7-11-31(28-20)12-8-23/h2-5,7,9,11,13-14H,6,8,10,12,23H2,1H3,(H,24,26,27,28)/t14-/m0/s1. The molecule has 11 heteroatoms. The Kier molecular flexibility index (Phi) is 5.53. The Morgan fingerprint density at radius 3 is 2.76 bits per heavy atom. The second-order valence-electron chi connectivity index (χ2n) is 7.77. The molecule has 3 N–H and O–H groups in total. The van der Waals surface area contributed by atoms with Crippen LogP contribution in [0.4, 0.5) is 11.8 Å². The number of pyridine rings is 1. The molecule has 5 heterocycles. The van der Waals surface area contributed by atoms with Gasteiger partial charge in [-0.15, -0.1) is 0 Å². The molecule has 0 bridgehead atoms. The first-order valence-electron chi connectivity index (χ1n) is 10.6. The molecule has 0 aliphatic carbocycles. The van der Waals surface area contributed by atoms with Crippen LogP contribution in [0.1, 0.15) is 18.1 Å². The van der Waals surface area contributed by atoms with Gasteiger partial charge in [-0.3, -0.25) is 9.48 Å². The molecule has 11 nitrogen and oxygen atoms in total. The molecule has 5 rings (SSSR count). The number of likely N-dealkylation sites (tertiary alicyclic amines) is 1. The third-order valence-corrected chi connectivity index (χ3v) is 5.47. The molecule has 0 radical (unpaired) electrons. The maximum absolute atomic E-state index is 12.3. The Morgan fingerprint density at radius 2 is 1.97 bits per heavy atom. The van der Waals surface area contributed by atoms with Crippen LogP contribution in [-0.4, -0.2) is 60.8 Å². The third-order valence-electron chi connectivity index (χ3n) is 5.47. The van der Waals surface area contributed by atoms with E-state index in [1.54, 1.807) is 35.0 Å². The van der Waals surface area contributed by atoms with Crippen LogP contribution in [0.15, 0.2) is 53.3 Å². The van der Waals surface area contributed by atoms with Gasteiger partial charge in [0.05, 0.1) is 23.6 Å². The molecule has 0 aromatic carbocycles. The first kappa shape index (κ1) is 20.8. The molecule has 4 aromatic heterocycles. The van der Waals surface area contributed by atoms with Gasteiger partial charge >= 0.3 is 0 Å². The zero-order valence-electron chi connectivity index (χ0n) is 18.0. The van der Waals surface area contributed by atoms with Crippen LogP contribution in [0.5, 0.6) is 0 Å². The summed E-state index contributed by atoms with van der Waals surface area (Å²) in [5, 5.41) is 11.6. The number of hydrogen-bond donors (Lipinski definition) is 2. The number of carbonyl (C=O) groups excluding carboxylic acids is 1. The van der Waals surface area contributed by atoms with Crippen molar-refractivity contribution in [2.75, 3.05) is 25.5 Å². The summed E-state index contributed by atoms with van der Waals surface area (Å²) < 4.78 is 7.23. The van der Waals surface area contributed by atoms with E-state index in [0.717, 1.165) is 6.42 Å². The molecule has 168 valence electrons. The zero-order chi connectivity index (χ0) is 22.8. The number of nitrogens with one attached hydrogen (secondary N) is 1. The van der Waals surface area contributed by atoms with E-state index in [0.29, 0.717) is 59.9 Å². The highest BCUT2D eigenvalue weighted by molar-refractivity contribution is 5.85. The fourth-order valence-electron chi connectivity index (χ4n) is 3.74. The predicted octanol–water partition coefficient (Wildman–Crippen LogP) is 2.04. The summed E-state index contributed by atoms with van der Waals surface area (Å²) in [7, 11) is 1.79. The maximum atomic E-state index is 12.3. The number of likely N-dealkylation sites (N-methyl/N-ethyl adjacent to an activating group) is 1. The largest absolute Gasteiger partial charge is 0.360 e. The second kappa shape index (κ2) is 8.79. The van der Waals surface area contributed by atoms with Gasteiger partial charge in [0.2, 0.25) is 11.9 Å². The van der Waals surface area contributed by atoms with E-state index >= 15 is 0 Å². The summed E-state index contributed by atoms with van der Waals surface area (Å²) in [6.45, 7) is 1.86. The van der Waals surface area contributed by atoms with Crippen molar-refractivity contribution in [3.63, 3.8) is 0 Å². The van der Waals surface area contributed by atoms with E-state index in [2.05, 4.69) is 25.5 Å². The second-order valence-corrected chi connectivity index (χ2v) is 7.77. The molecular weight excluding hydrogens is 422 g/mol. The van der Waals surface area contributed by atoms with Crippen molar-refractivity contribution in [1.82, 2.24) is 34.8 Å². The number of rotatable bonds is 7. The van der Waals surface area contributed by atoms with Crippen molar-refractivity contribution in [3.8, 4) is 22.8 Å². The summed E-state index contributed by atoms with van der Waals surface area (Å²) >= 11 is 0. The minimum Gasteiger partial charge on any atom is -0.360 e. The van der Waals surface area contributed by atoms with E-state index < -0.39 is 0 Å². The lowest BCUT2D eigenvalue weighted by Gasteiger charge is -2.07. The van der Waals surface area contributed by atoms with Crippen LogP contribution >= 0.6 is 0 Å². The molecule has 1 amide bonds. The van der Waals surface area contributed by atoms with Gasteiger partial charge in [0.15, 0.2) is 5.82 Å². The number of carbonyl (C=O) groups is 1. The summed E-state index contributed by atoms with van der Waals surface area (Å²) in [6.07, 6.45) is 4.22. The topological polar surface area (TPSA) is 141 Å². The molecule has 0 saturated carbocycles. The molecule has 1 saturated heterocycles. The van der Waals surface area contributed by atoms with Crippen LogP contribution in [0.25, 0.3) is 22.8 Å². The van der Waals surface area contributed by atoms with Crippen LogP contribution in [0, 0.1) is 0 Å². The molecule has 1 atom stereocenters.